The van der Waals surface area contributed by atoms with Crippen molar-refractivity contribution in [2.75, 3.05) is 17.7 Å². The third kappa shape index (κ3) is 5.01. The van der Waals surface area contributed by atoms with E-state index in [1.807, 2.05) is 18.2 Å². The predicted molar refractivity (Wildman–Crippen MR) is 118 cm³/mol. The first-order chi connectivity index (χ1) is 15.0. The van der Waals surface area contributed by atoms with Crippen molar-refractivity contribution in [3.05, 3.63) is 72.4 Å². The van der Waals surface area contributed by atoms with Crippen molar-refractivity contribution in [2.45, 2.75) is 23.8 Å². The van der Waals surface area contributed by atoms with Gasteiger partial charge < -0.3 is 15.4 Å². The monoisotopic (exact) mass is 438 g/mol. The van der Waals surface area contributed by atoms with Gasteiger partial charge in [-0.25, -0.2) is 18.1 Å². The van der Waals surface area contributed by atoms with Crippen LogP contribution in [0.1, 0.15) is 23.2 Å². The third-order valence-corrected chi connectivity index (χ3v) is 6.23. The molecule has 1 aliphatic carbocycles. The van der Waals surface area contributed by atoms with Gasteiger partial charge in [0.25, 0.3) is 5.91 Å². The number of pyridine rings is 1. The van der Waals surface area contributed by atoms with Gasteiger partial charge in [-0.1, -0.05) is 18.2 Å². The first kappa shape index (κ1) is 20.8. The molecule has 3 N–H and O–H groups in total. The molecule has 160 valence electrons. The van der Waals surface area contributed by atoms with Crippen molar-refractivity contribution in [1.82, 2.24) is 9.71 Å². The molecular formula is C22H22N4O4S. The smallest absolute Gasteiger partial charge is 0.259 e. The molecule has 0 unspecified atom stereocenters. The minimum atomic E-state index is -3.62. The van der Waals surface area contributed by atoms with Crippen LogP contribution in [0.3, 0.4) is 0 Å². The number of aromatic nitrogens is 1. The van der Waals surface area contributed by atoms with Crippen LogP contribution in [0.25, 0.3) is 0 Å². The van der Waals surface area contributed by atoms with Crippen LogP contribution >= 0.6 is 0 Å². The standard InChI is InChI=1S/C22H22N4O4S/c1-30-20-10-3-2-9-19(20)25-21-18(8-5-13-23-21)22(27)24-16-6-4-7-17(14-16)31(28,29)26-15-11-12-15/h2-10,13-15,26H,11-12H2,1H3,(H,23,25)(H,24,27). The van der Waals surface area contributed by atoms with E-state index in [1.54, 1.807) is 43.6 Å². The molecule has 0 bridgehead atoms. The summed E-state index contributed by atoms with van der Waals surface area (Å²) in [4.78, 5) is 17.3. The van der Waals surface area contributed by atoms with Crippen LogP contribution in [0.5, 0.6) is 5.75 Å². The van der Waals surface area contributed by atoms with Crippen molar-refractivity contribution in [2.24, 2.45) is 0 Å². The van der Waals surface area contributed by atoms with Crippen LogP contribution in [0.2, 0.25) is 0 Å². The van der Waals surface area contributed by atoms with Gasteiger partial charge in [0.15, 0.2) is 0 Å². The lowest BCUT2D eigenvalue weighted by Gasteiger charge is -2.14. The number of hydrogen-bond donors (Lipinski definition) is 3. The average molecular weight is 439 g/mol. The number of carbonyl (C=O) groups excluding carboxylic acids is 1. The Kier molecular flexibility index (Phi) is 5.88. The fourth-order valence-electron chi connectivity index (χ4n) is 2.99. The normalized spacial score (nSPS) is 13.5. The highest BCUT2D eigenvalue weighted by Gasteiger charge is 2.28. The second-order valence-electron chi connectivity index (χ2n) is 7.10. The zero-order valence-electron chi connectivity index (χ0n) is 16.8. The zero-order valence-corrected chi connectivity index (χ0v) is 17.6. The highest BCUT2D eigenvalue weighted by Crippen LogP contribution is 2.28. The van der Waals surface area contributed by atoms with E-state index in [2.05, 4.69) is 20.3 Å². The van der Waals surface area contributed by atoms with E-state index in [9.17, 15) is 13.2 Å². The van der Waals surface area contributed by atoms with Crippen LogP contribution in [-0.2, 0) is 10.0 Å². The number of carbonyl (C=O) groups is 1. The van der Waals surface area contributed by atoms with Crippen LogP contribution < -0.4 is 20.1 Å². The SMILES string of the molecule is COc1ccccc1Nc1ncccc1C(=O)Nc1cccc(S(=O)(=O)NC2CC2)c1. The van der Waals surface area contributed by atoms with Gasteiger partial charge in [0, 0.05) is 17.9 Å². The number of methoxy groups -OCH3 is 1. The molecule has 0 atom stereocenters. The van der Waals surface area contributed by atoms with E-state index in [1.165, 1.54) is 12.1 Å². The number of benzene rings is 2. The molecular weight excluding hydrogens is 416 g/mol. The Bertz CT molecular complexity index is 1210. The van der Waals surface area contributed by atoms with Crippen molar-refractivity contribution in [3.8, 4) is 5.75 Å². The Hall–Kier alpha value is -3.43. The molecule has 1 fully saturated rings. The zero-order chi connectivity index (χ0) is 21.8. The van der Waals surface area contributed by atoms with Crippen LogP contribution in [0, 0.1) is 0 Å². The molecule has 0 spiro atoms. The Morgan fingerprint density at radius 3 is 2.65 bits per heavy atom. The second kappa shape index (κ2) is 8.75. The lowest BCUT2D eigenvalue weighted by atomic mass is 10.2. The second-order valence-corrected chi connectivity index (χ2v) is 8.82. The minimum Gasteiger partial charge on any atom is -0.495 e. The van der Waals surface area contributed by atoms with Crippen LogP contribution in [0.4, 0.5) is 17.2 Å². The van der Waals surface area contributed by atoms with Gasteiger partial charge in [-0.2, -0.15) is 0 Å². The number of nitrogens with zero attached hydrogens (tertiary/aromatic N) is 1. The highest BCUT2D eigenvalue weighted by molar-refractivity contribution is 7.89. The summed E-state index contributed by atoms with van der Waals surface area (Å²) < 4.78 is 32.9. The summed E-state index contributed by atoms with van der Waals surface area (Å²) in [5, 5.41) is 5.87. The molecule has 4 rings (SSSR count). The lowest BCUT2D eigenvalue weighted by molar-refractivity contribution is 0.102. The Morgan fingerprint density at radius 2 is 1.87 bits per heavy atom. The van der Waals surface area contributed by atoms with E-state index in [-0.39, 0.29) is 10.9 Å². The van der Waals surface area contributed by atoms with Gasteiger partial charge in [0.05, 0.1) is 23.3 Å². The summed E-state index contributed by atoms with van der Waals surface area (Å²) in [6, 6.07) is 16.8. The largest absolute Gasteiger partial charge is 0.495 e. The number of para-hydroxylation sites is 2. The van der Waals surface area contributed by atoms with E-state index < -0.39 is 15.9 Å². The average Bonchev–Trinajstić information content (AvgIpc) is 3.58. The minimum absolute atomic E-state index is 0.00208. The molecule has 1 aromatic heterocycles. The number of ether oxygens (including phenoxy) is 1. The summed E-state index contributed by atoms with van der Waals surface area (Å²) in [5.74, 6) is 0.541. The van der Waals surface area contributed by atoms with Gasteiger partial charge in [0.2, 0.25) is 10.0 Å². The number of anilines is 3. The molecule has 8 nitrogen and oxygen atoms in total. The Balaban J connectivity index is 1.55. The van der Waals surface area contributed by atoms with Gasteiger partial charge in [-0.15, -0.1) is 0 Å². The fourth-order valence-corrected chi connectivity index (χ4v) is 4.34. The predicted octanol–water partition coefficient (Wildman–Crippen LogP) is 3.53. The first-order valence-corrected chi connectivity index (χ1v) is 11.2. The number of amides is 1. The molecule has 0 aliphatic heterocycles. The van der Waals surface area contributed by atoms with E-state index in [0.29, 0.717) is 28.5 Å². The molecule has 31 heavy (non-hydrogen) atoms. The molecule has 2 aromatic carbocycles. The van der Waals surface area contributed by atoms with E-state index in [0.717, 1.165) is 12.8 Å². The molecule has 3 aromatic rings. The van der Waals surface area contributed by atoms with Gasteiger partial charge in [-0.3, -0.25) is 4.79 Å². The Morgan fingerprint density at radius 1 is 1.06 bits per heavy atom. The van der Waals surface area contributed by atoms with Crippen molar-refractivity contribution < 1.29 is 17.9 Å². The third-order valence-electron chi connectivity index (χ3n) is 4.71. The number of rotatable bonds is 8. The first-order valence-electron chi connectivity index (χ1n) is 9.75. The Labute approximate surface area is 180 Å². The molecule has 1 heterocycles. The van der Waals surface area contributed by atoms with Crippen molar-refractivity contribution in [3.63, 3.8) is 0 Å². The summed E-state index contributed by atoms with van der Waals surface area (Å²) >= 11 is 0. The maximum Gasteiger partial charge on any atom is 0.259 e. The summed E-state index contributed by atoms with van der Waals surface area (Å²) in [5.41, 5.74) is 1.34. The van der Waals surface area contributed by atoms with E-state index >= 15 is 0 Å². The summed E-state index contributed by atoms with van der Waals surface area (Å²) in [6.45, 7) is 0. The van der Waals surface area contributed by atoms with Crippen LogP contribution in [-0.4, -0.2) is 32.5 Å². The maximum absolute atomic E-state index is 12.9. The molecule has 1 saturated carbocycles. The van der Waals surface area contributed by atoms with Crippen molar-refractivity contribution in [1.29, 1.82) is 0 Å². The topological polar surface area (TPSA) is 109 Å². The summed E-state index contributed by atoms with van der Waals surface area (Å²) in [6.07, 6.45) is 3.27. The molecule has 0 saturated heterocycles. The quantitative estimate of drug-likeness (QED) is 0.496. The summed E-state index contributed by atoms with van der Waals surface area (Å²) in [7, 11) is -2.06. The van der Waals surface area contributed by atoms with E-state index in [4.69, 9.17) is 4.74 Å². The van der Waals surface area contributed by atoms with Crippen LogP contribution in [0.15, 0.2) is 71.8 Å². The lowest BCUT2D eigenvalue weighted by Crippen LogP contribution is -2.25. The molecule has 9 heteroatoms. The fraction of sp³-hybridized carbons (Fsp3) is 0.182. The molecule has 1 aliphatic rings. The molecule has 0 radical (unpaired) electrons. The highest BCUT2D eigenvalue weighted by atomic mass is 32.2. The number of nitrogens with one attached hydrogen (secondary N) is 3. The van der Waals surface area contributed by atoms with Crippen molar-refractivity contribution >= 4 is 33.1 Å². The number of sulfonamides is 1. The van der Waals surface area contributed by atoms with Gasteiger partial charge in [-0.05, 0) is 55.3 Å². The molecule has 1 amide bonds. The van der Waals surface area contributed by atoms with Gasteiger partial charge in [0.1, 0.15) is 11.6 Å². The maximum atomic E-state index is 12.9. The van der Waals surface area contributed by atoms with Gasteiger partial charge >= 0.3 is 0 Å². The number of hydrogen-bond acceptors (Lipinski definition) is 6.